The molecule has 2 N–H and O–H groups in total. The molecule has 0 radical (unpaired) electrons. The molecule has 0 aromatic heterocycles. The molecule has 0 saturated carbocycles. The van der Waals surface area contributed by atoms with Crippen LogP contribution in [0.4, 0.5) is 0 Å². The number of halogens is 2. The third-order valence-corrected chi connectivity index (χ3v) is 3.17. The normalized spacial score (nSPS) is 13.2. The van der Waals surface area contributed by atoms with Gasteiger partial charge in [0, 0.05) is 6.04 Å². The standard InChI is InChI=1S/C12H17Cl2N/c1-8(2)3-6-12(15)9-4-5-10(13)11(14)7-9/h4-5,7-8,12H,3,6,15H2,1-2H3/t12-/m1/s1. The molecule has 1 aromatic carbocycles. The highest BCUT2D eigenvalue weighted by molar-refractivity contribution is 6.42. The number of rotatable bonds is 4. The van der Waals surface area contributed by atoms with Crippen molar-refractivity contribution in [2.45, 2.75) is 32.7 Å². The number of benzene rings is 1. The van der Waals surface area contributed by atoms with E-state index in [0.29, 0.717) is 16.0 Å². The molecular formula is C12H17Cl2N. The van der Waals surface area contributed by atoms with Gasteiger partial charge in [0.2, 0.25) is 0 Å². The van der Waals surface area contributed by atoms with E-state index in [-0.39, 0.29) is 6.04 Å². The van der Waals surface area contributed by atoms with E-state index in [1.54, 1.807) is 6.07 Å². The lowest BCUT2D eigenvalue weighted by Crippen LogP contribution is -2.11. The number of hydrogen-bond donors (Lipinski definition) is 1. The SMILES string of the molecule is CC(C)CC[C@@H](N)c1ccc(Cl)c(Cl)c1. The Morgan fingerprint density at radius 2 is 1.80 bits per heavy atom. The van der Waals surface area contributed by atoms with Gasteiger partial charge in [-0.05, 0) is 36.5 Å². The molecule has 0 heterocycles. The molecule has 0 saturated heterocycles. The second-order valence-electron chi connectivity index (χ2n) is 4.25. The predicted molar refractivity (Wildman–Crippen MR) is 67.5 cm³/mol. The van der Waals surface area contributed by atoms with Gasteiger partial charge >= 0.3 is 0 Å². The molecule has 1 rings (SSSR count). The summed E-state index contributed by atoms with van der Waals surface area (Å²) < 4.78 is 0. The minimum absolute atomic E-state index is 0.0576. The molecule has 0 aliphatic rings. The zero-order valence-corrected chi connectivity index (χ0v) is 10.6. The molecule has 0 aliphatic carbocycles. The zero-order valence-electron chi connectivity index (χ0n) is 9.13. The van der Waals surface area contributed by atoms with Crippen molar-refractivity contribution in [2.75, 3.05) is 0 Å². The number of hydrogen-bond acceptors (Lipinski definition) is 1. The van der Waals surface area contributed by atoms with Gasteiger partial charge in [-0.25, -0.2) is 0 Å². The summed E-state index contributed by atoms with van der Waals surface area (Å²) in [4.78, 5) is 0. The Kier molecular flexibility index (Phi) is 4.91. The third-order valence-electron chi connectivity index (χ3n) is 2.43. The first-order valence-electron chi connectivity index (χ1n) is 5.21. The summed E-state index contributed by atoms with van der Waals surface area (Å²) in [7, 11) is 0. The molecule has 0 amide bonds. The smallest absolute Gasteiger partial charge is 0.0595 e. The van der Waals surface area contributed by atoms with Gasteiger partial charge < -0.3 is 5.73 Å². The lowest BCUT2D eigenvalue weighted by molar-refractivity contribution is 0.507. The maximum absolute atomic E-state index is 6.06. The van der Waals surface area contributed by atoms with Crippen molar-refractivity contribution >= 4 is 23.2 Å². The van der Waals surface area contributed by atoms with E-state index in [0.717, 1.165) is 18.4 Å². The molecule has 3 heteroatoms. The van der Waals surface area contributed by atoms with Crippen molar-refractivity contribution in [3.63, 3.8) is 0 Å². The Bertz CT molecular complexity index is 323. The maximum Gasteiger partial charge on any atom is 0.0595 e. The highest BCUT2D eigenvalue weighted by Gasteiger charge is 2.08. The second-order valence-corrected chi connectivity index (χ2v) is 5.07. The van der Waals surface area contributed by atoms with E-state index in [2.05, 4.69) is 13.8 Å². The van der Waals surface area contributed by atoms with Gasteiger partial charge in [0.25, 0.3) is 0 Å². The molecule has 1 aromatic rings. The van der Waals surface area contributed by atoms with Crippen LogP contribution in [-0.2, 0) is 0 Å². The molecule has 84 valence electrons. The first-order valence-corrected chi connectivity index (χ1v) is 5.97. The summed E-state index contributed by atoms with van der Waals surface area (Å²) in [6.45, 7) is 4.39. The Morgan fingerprint density at radius 3 is 2.33 bits per heavy atom. The van der Waals surface area contributed by atoms with E-state index in [1.807, 2.05) is 12.1 Å². The van der Waals surface area contributed by atoms with Gasteiger partial charge in [-0.15, -0.1) is 0 Å². The van der Waals surface area contributed by atoms with Crippen molar-refractivity contribution in [1.29, 1.82) is 0 Å². The fraction of sp³-hybridized carbons (Fsp3) is 0.500. The van der Waals surface area contributed by atoms with Crippen LogP contribution in [0.5, 0.6) is 0 Å². The monoisotopic (exact) mass is 245 g/mol. The molecule has 0 fully saturated rings. The van der Waals surface area contributed by atoms with Crippen molar-refractivity contribution in [1.82, 2.24) is 0 Å². The van der Waals surface area contributed by atoms with Gasteiger partial charge in [0.15, 0.2) is 0 Å². The molecule has 1 atom stereocenters. The first-order chi connectivity index (χ1) is 7.00. The second kappa shape index (κ2) is 5.74. The van der Waals surface area contributed by atoms with Crippen molar-refractivity contribution in [3.05, 3.63) is 33.8 Å². The van der Waals surface area contributed by atoms with Gasteiger partial charge in [-0.2, -0.15) is 0 Å². The molecule has 0 bridgehead atoms. The third kappa shape index (κ3) is 4.02. The summed E-state index contributed by atoms with van der Waals surface area (Å²) >= 11 is 11.8. The Hall–Kier alpha value is -0.240. The summed E-state index contributed by atoms with van der Waals surface area (Å²) in [5.74, 6) is 0.679. The topological polar surface area (TPSA) is 26.0 Å². The summed E-state index contributed by atoms with van der Waals surface area (Å²) in [5, 5.41) is 1.16. The number of nitrogens with two attached hydrogens (primary N) is 1. The average molecular weight is 246 g/mol. The van der Waals surface area contributed by atoms with Gasteiger partial charge in [-0.1, -0.05) is 43.1 Å². The van der Waals surface area contributed by atoms with Crippen LogP contribution >= 0.6 is 23.2 Å². The van der Waals surface area contributed by atoms with Crippen LogP contribution in [0.1, 0.15) is 38.3 Å². The van der Waals surface area contributed by atoms with Crippen molar-refractivity contribution < 1.29 is 0 Å². The van der Waals surface area contributed by atoms with E-state index < -0.39 is 0 Å². The maximum atomic E-state index is 6.06. The molecule has 0 spiro atoms. The molecule has 0 unspecified atom stereocenters. The molecule has 15 heavy (non-hydrogen) atoms. The Morgan fingerprint density at radius 1 is 1.13 bits per heavy atom. The summed E-state index contributed by atoms with van der Waals surface area (Å²) in [6.07, 6.45) is 2.11. The predicted octanol–water partition coefficient (Wildman–Crippen LogP) is 4.43. The van der Waals surface area contributed by atoms with Gasteiger partial charge in [-0.3, -0.25) is 0 Å². The van der Waals surface area contributed by atoms with Crippen LogP contribution in [-0.4, -0.2) is 0 Å². The zero-order chi connectivity index (χ0) is 11.4. The highest BCUT2D eigenvalue weighted by Crippen LogP contribution is 2.26. The van der Waals surface area contributed by atoms with Gasteiger partial charge in [0.1, 0.15) is 0 Å². The molecular weight excluding hydrogens is 229 g/mol. The quantitative estimate of drug-likeness (QED) is 0.835. The van der Waals surface area contributed by atoms with E-state index >= 15 is 0 Å². The van der Waals surface area contributed by atoms with Crippen molar-refractivity contribution in [3.8, 4) is 0 Å². The molecule has 1 nitrogen and oxygen atoms in total. The lowest BCUT2D eigenvalue weighted by atomic mass is 9.98. The van der Waals surface area contributed by atoms with E-state index in [1.165, 1.54) is 0 Å². The Labute approximate surface area is 102 Å². The fourth-order valence-electron chi connectivity index (χ4n) is 1.42. The van der Waals surface area contributed by atoms with E-state index in [4.69, 9.17) is 28.9 Å². The van der Waals surface area contributed by atoms with Crippen molar-refractivity contribution in [2.24, 2.45) is 11.7 Å². The van der Waals surface area contributed by atoms with Crippen LogP contribution in [0, 0.1) is 5.92 Å². The average Bonchev–Trinajstić information content (AvgIpc) is 2.18. The largest absolute Gasteiger partial charge is 0.324 e. The summed E-state index contributed by atoms with van der Waals surface area (Å²) in [6, 6.07) is 5.66. The minimum Gasteiger partial charge on any atom is -0.324 e. The van der Waals surface area contributed by atoms with Crippen LogP contribution < -0.4 is 5.73 Å². The van der Waals surface area contributed by atoms with Crippen LogP contribution in [0.15, 0.2) is 18.2 Å². The fourth-order valence-corrected chi connectivity index (χ4v) is 1.73. The minimum atomic E-state index is 0.0576. The lowest BCUT2D eigenvalue weighted by Gasteiger charge is -2.14. The van der Waals surface area contributed by atoms with Crippen LogP contribution in [0.2, 0.25) is 10.0 Å². The highest BCUT2D eigenvalue weighted by atomic mass is 35.5. The van der Waals surface area contributed by atoms with Gasteiger partial charge in [0.05, 0.1) is 10.0 Å². The van der Waals surface area contributed by atoms with Crippen LogP contribution in [0.3, 0.4) is 0 Å². The summed E-state index contributed by atoms with van der Waals surface area (Å²) in [5.41, 5.74) is 7.12. The first kappa shape index (κ1) is 12.8. The van der Waals surface area contributed by atoms with E-state index in [9.17, 15) is 0 Å². The van der Waals surface area contributed by atoms with Crippen LogP contribution in [0.25, 0.3) is 0 Å². The Balaban J connectivity index is 2.65. The molecule has 0 aliphatic heterocycles.